The van der Waals surface area contributed by atoms with Crippen molar-refractivity contribution < 1.29 is 9.69 Å². The minimum absolute atomic E-state index is 0.000796. The van der Waals surface area contributed by atoms with Crippen molar-refractivity contribution >= 4 is 27.9 Å². The summed E-state index contributed by atoms with van der Waals surface area (Å²) in [4.78, 5) is 13.5. The number of halogens is 1. The zero-order valence-corrected chi connectivity index (χ0v) is 15.0. The predicted octanol–water partition coefficient (Wildman–Crippen LogP) is 2.46. The van der Waals surface area contributed by atoms with Crippen molar-refractivity contribution in [3.63, 3.8) is 0 Å². The largest absolute Gasteiger partial charge is 0.340 e. The van der Waals surface area contributed by atoms with Crippen LogP contribution in [0, 0.1) is 0 Å². The van der Waals surface area contributed by atoms with Crippen LogP contribution in [0.25, 0.3) is 6.08 Å². The number of hydrogen-bond donors (Lipinski definition) is 2. The number of rotatable bonds is 6. The van der Waals surface area contributed by atoms with Gasteiger partial charge < -0.3 is 10.2 Å². The van der Waals surface area contributed by atoms with Gasteiger partial charge in [-0.25, -0.2) is 0 Å². The lowest BCUT2D eigenvalue weighted by molar-refractivity contribution is -0.860. The fourth-order valence-electron chi connectivity index (χ4n) is 2.35. The van der Waals surface area contributed by atoms with Gasteiger partial charge >= 0.3 is 0 Å². The molecule has 2 N–H and O–H groups in total. The Kier molecular flexibility index (Phi) is 6.56. The zero-order valence-electron chi connectivity index (χ0n) is 13.4. The molecule has 0 bridgehead atoms. The molecule has 0 unspecified atom stereocenters. The molecular weight excluding hydrogens is 352 g/mol. The normalized spacial score (nSPS) is 12.5. The number of nitrogens with one attached hydrogen (secondary N) is 2. The molecule has 0 aliphatic carbocycles. The molecule has 120 valence electrons. The highest BCUT2D eigenvalue weighted by atomic mass is 79.9. The van der Waals surface area contributed by atoms with Crippen LogP contribution in [0.1, 0.15) is 17.2 Å². The smallest absolute Gasteiger partial charge is 0.244 e. The Balaban J connectivity index is 2.05. The fourth-order valence-corrected chi connectivity index (χ4v) is 2.76. The Hall–Kier alpha value is -1.91. The summed E-state index contributed by atoms with van der Waals surface area (Å²) in [7, 11) is 4.17. The van der Waals surface area contributed by atoms with Crippen LogP contribution in [0.3, 0.4) is 0 Å². The molecule has 0 aliphatic rings. The van der Waals surface area contributed by atoms with Gasteiger partial charge in [-0.3, -0.25) is 4.79 Å². The van der Waals surface area contributed by atoms with Gasteiger partial charge in [0.25, 0.3) is 0 Å². The summed E-state index contributed by atoms with van der Waals surface area (Å²) in [6.45, 7) is 0.834. The number of benzene rings is 2. The van der Waals surface area contributed by atoms with Crippen molar-refractivity contribution in [2.75, 3.05) is 20.6 Å². The van der Waals surface area contributed by atoms with Gasteiger partial charge in [-0.2, -0.15) is 0 Å². The molecule has 0 aliphatic heterocycles. The summed E-state index contributed by atoms with van der Waals surface area (Å²) in [5.41, 5.74) is 2.11. The minimum Gasteiger partial charge on any atom is -0.340 e. The lowest BCUT2D eigenvalue weighted by Crippen LogP contribution is -3.06. The number of likely N-dealkylation sites (N-methyl/N-ethyl adjacent to an activating group) is 1. The molecule has 0 saturated carbocycles. The van der Waals surface area contributed by atoms with Gasteiger partial charge in [0.1, 0.15) is 12.6 Å². The average molecular weight is 374 g/mol. The second kappa shape index (κ2) is 8.65. The minimum atomic E-state index is -0.0833. The number of carbonyl (C=O) groups is 1. The van der Waals surface area contributed by atoms with Crippen molar-refractivity contribution in [1.82, 2.24) is 5.32 Å². The molecule has 2 rings (SSSR count). The van der Waals surface area contributed by atoms with E-state index in [1.54, 1.807) is 6.08 Å². The Bertz CT molecular complexity index is 668. The quantitative estimate of drug-likeness (QED) is 0.749. The monoisotopic (exact) mass is 373 g/mol. The van der Waals surface area contributed by atoms with Crippen molar-refractivity contribution in [3.8, 4) is 0 Å². The molecule has 4 heteroatoms. The average Bonchev–Trinajstić information content (AvgIpc) is 2.53. The third-order valence-electron chi connectivity index (χ3n) is 3.41. The maximum absolute atomic E-state index is 12.2. The molecule has 2 aromatic rings. The molecular formula is C19H22BrN2O+. The fraction of sp³-hybridized carbons (Fsp3) is 0.211. The Morgan fingerprint density at radius 1 is 1.17 bits per heavy atom. The van der Waals surface area contributed by atoms with Crippen LogP contribution < -0.4 is 10.2 Å². The molecule has 2 aromatic carbocycles. The predicted molar refractivity (Wildman–Crippen MR) is 98.2 cm³/mol. The third kappa shape index (κ3) is 6.00. The van der Waals surface area contributed by atoms with Gasteiger partial charge in [0.2, 0.25) is 5.91 Å². The third-order valence-corrected chi connectivity index (χ3v) is 3.90. The molecule has 0 aromatic heterocycles. The van der Waals surface area contributed by atoms with E-state index in [2.05, 4.69) is 35.3 Å². The Labute approximate surface area is 146 Å². The molecule has 1 atom stereocenters. The van der Waals surface area contributed by atoms with E-state index < -0.39 is 0 Å². The summed E-state index contributed by atoms with van der Waals surface area (Å²) in [5.74, 6) is -0.0833. The maximum atomic E-state index is 12.2. The van der Waals surface area contributed by atoms with Gasteiger partial charge in [0.15, 0.2) is 0 Å². The van der Waals surface area contributed by atoms with Crippen molar-refractivity contribution in [3.05, 3.63) is 76.3 Å². The van der Waals surface area contributed by atoms with Gasteiger partial charge in [-0.15, -0.1) is 0 Å². The number of amides is 1. The summed E-state index contributed by atoms with van der Waals surface area (Å²) in [6, 6.07) is 17.9. The molecule has 1 amide bonds. The highest BCUT2D eigenvalue weighted by Crippen LogP contribution is 2.13. The highest BCUT2D eigenvalue weighted by molar-refractivity contribution is 9.10. The van der Waals surface area contributed by atoms with Gasteiger partial charge in [0.05, 0.1) is 14.1 Å². The molecule has 3 nitrogen and oxygen atoms in total. The lowest BCUT2D eigenvalue weighted by Gasteiger charge is -2.20. The zero-order chi connectivity index (χ0) is 16.7. The molecule has 0 radical (unpaired) electrons. The molecule has 23 heavy (non-hydrogen) atoms. The van der Waals surface area contributed by atoms with Crippen LogP contribution in [-0.2, 0) is 4.79 Å². The van der Waals surface area contributed by atoms with E-state index in [0.29, 0.717) is 0 Å². The highest BCUT2D eigenvalue weighted by Gasteiger charge is 2.16. The number of hydrogen-bond acceptors (Lipinski definition) is 1. The van der Waals surface area contributed by atoms with Crippen LogP contribution in [0.4, 0.5) is 0 Å². The van der Waals surface area contributed by atoms with Gasteiger partial charge in [-0.05, 0) is 29.3 Å². The standard InChI is InChI=1S/C19H21BrN2O/c1-22(2)14-18(16-8-4-3-5-9-16)21-19(23)12-11-15-7-6-10-17(20)13-15/h3-13,18H,14H2,1-2H3,(H,21,23)/p+1/b12-11+/t18-/m0/s1. The molecule has 0 heterocycles. The first-order valence-corrected chi connectivity index (χ1v) is 8.42. The first kappa shape index (κ1) is 17.4. The topological polar surface area (TPSA) is 33.5 Å². The molecule has 0 fully saturated rings. The van der Waals surface area contributed by atoms with E-state index >= 15 is 0 Å². The van der Waals surface area contributed by atoms with Crippen molar-refractivity contribution in [2.24, 2.45) is 0 Å². The van der Waals surface area contributed by atoms with Gasteiger partial charge in [-0.1, -0.05) is 58.4 Å². The van der Waals surface area contributed by atoms with E-state index in [-0.39, 0.29) is 11.9 Å². The summed E-state index contributed by atoms with van der Waals surface area (Å²) >= 11 is 3.43. The van der Waals surface area contributed by atoms with E-state index in [9.17, 15) is 4.79 Å². The lowest BCUT2D eigenvalue weighted by atomic mass is 10.1. The van der Waals surface area contributed by atoms with E-state index in [1.165, 1.54) is 4.90 Å². The van der Waals surface area contributed by atoms with Crippen LogP contribution in [0.15, 0.2) is 65.1 Å². The van der Waals surface area contributed by atoms with Crippen molar-refractivity contribution in [1.29, 1.82) is 0 Å². The van der Waals surface area contributed by atoms with Crippen LogP contribution in [-0.4, -0.2) is 26.5 Å². The second-order valence-electron chi connectivity index (χ2n) is 5.77. The van der Waals surface area contributed by atoms with E-state index in [1.807, 2.05) is 60.7 Å². The second-order valence-corrected chi connectivity index (χ2v) is 6.69. The van der Waals surface area contributed by atoms with E-state index in [4.69, 9.17) is 0 Å². The van der Waals surface area contributed by atoms with Crippen LogP contribution in [0.5, 0.6) is 0 Å². The first-order valence-electron chi connectivity index (χ1n) is 7.62. The Morgan fingerprint density at radius 2 is 1.91 bits per heavy atom. The molecule has 0 saturated heterocycles. The first-order chi connectivity index (χ1) is 11.0. The maximum Gasteiger partial charge on any atom is 0.244 e. The number of carbonyl (C=O) groups excluding carboxylic acids is 1. The van der Waals surface area contributed by atoms with Crippen LogP contribution >= 0.6 is 15.9 Å². The van der Waals surface area contributed by atoms with Gasteiger partial charge in [0, 0.05) is 10.5 Å². The molecule has 0 spiro atoms. The summed E-state index contributed by atoms with van der Waals surface area (Å²) in [5, 5.41) is 3.09. The van der Waals surface area contributed by atoms with Crippen LogP contribution in [0.2, 0.25) is 0 Å². The SMILES string of the molecule is C[NH+](C)C[C@H](NC(=O)/C=C/c1cccc(Br)c1)c1ccccc1. The number of quaternary nitrogens is 1. The van der Waals surface area contributed by atoms with E-state index in [0.717, 1.165) is 22.1 Å². The summed E-state index contributed by atoms with van der Waals surface area (Å²) in [6.07, 6.45) is 3.41. The summed E-state index contributed by atoms with van der Waals surface area (Å²) < 4.78 is 0.999. The van der Waals surface area contributed by atoms with Crippen molar-refractivity contribution in [2.45, 2.75) is 6.04 Å². The Morgan fingerprint density at radius 3 is 2.57 bits per heavy atom.